The predicted octanol–water partition coefficient (Wildman–Crippen LogP) is 22.6. The maximum absolute atomic E-state index is 6.01. The van der Waals surface area contributed by atoms with Gasteiger partial charge in [0, 0.05) is 89.7 Å². The molecule has 5 fully saturated rings. The molecule has 5 saturated heterocycles. The van der Waals surface area contributed by atoms with E-state index in [0.717, 1.165) is 280 Å². The van der Waals surface area contributed by atoms with Crippen LogP contribution in [0.15, 0.2) is 170 Å². The van der Waals surface area contributed by atoms with Crippen molar-refractivity contribution < 1.29 is 65.5 Å². The quantitative estimate of drug-likeness (QED) is 0.0326. The Morgan fingerprint density at radius 1 is 0.287 bits per heavy atom. The molecule has 15 heterocycles. The molecule has 0 atom stereocenters. The lowest BCUT2D eigenvalue weighted by Gasteiger charge is -2.32. The molecule has 0 unspecified atom stereocenters. The molecule has 0 spiro atoms. The maximum Gasteiger partial charge on any atom is 0.262 e. The van der Waals surface area contributed by atoms with Crippen LogP contribution in [0.5, 0.6) is 58.1 Å². The van der Waals surface area contributed by atoms with E-state index in [1.165, 1.54) is 30.8 Å². The molecule has 5 aliphatic rings. The topological polar surface area (TPSA) is 354 Å². The molecule has 34 nitrogen and oxygen atoms in total. The Labute approximate surface area is 848 Å². The molecule has 0 saturated carbocycles. The Morgan fingerprint density at radius 3 is 0.846 bits per heavy atom. The lowest BCUT2D eigenvalue weighted by molar-refractivity contribution is 0.258. The van der Waals surface area contributed by atoms with Crippen LogP contribution in [0.25, 0.3) is 54.0 Å². The van der Waals surface area contributed by atoms with E-state index in [9.17, 15) is 0 Å². The number of nitrogens with zero attached hydrogens (tertiary/aromatic N) is 20. The summed E-state index contributed by atoms with van der Waals surface area (Å²) >= 11 is 13.1. The number of anilines is 5. The minimum Gasteiger partial charge on any atom is -0.494 e. The Bertz CT molecular complexity index is 5970. The molecule has 143 heavy (non-hydrogen) atoms. The fourth-order valence-electron chi connectivity index (χ4n) is 18.0. The lowest BCUT2D eigenvalue weighted by atomic mass is 9.92. The summed E-state index contributed by atoms with van der Waals surface area (Å²) in [6.45, 7) is 32.3. The molecule has 0 bridgehead atoms. The van der Waals surface area contributed by atoms with Crippen molar-refractivity contribution in [1.29, 1.82) is 0 Å². The molecule has 0 aliphatic carbocycles. The normalized spacial score (nSPS) is 15.0. The number of aromatic nitrogens is 15. The van der Waals surface area contributed by atoms with E-state index in [2.05, 4.69) is 132 Å². The summed E-state index contributed by atoms with van der Waals surface area (Å²) in [4.78, 5) is 11.5. The van der Waals surface area contributed by atoms with Gasteiger partial charge in [0.2, 0.25) is 5.88 Å². The van der Waals surface area contributed by atoms with Gasteiger partial charge in [-0.3, -0.25) is 0 Å². The fourth-order valence-corrected chi connectivity index (χ4v) is 19.0. The van der Waals surface area contributed by atoms with E-state index in [0.29, 0.717) is 139 Å². The third kappa shape index (κ3) is 29.8. The van der Waals surface area contributed by atoms with Crippen LogP contribution in [0.4, 0.5) is 29.1 Å². The highest BCUT2D eigenvalue weighted by atomic mass is 35.5. The molecule has 760 valence electrons. The Hall–Kier alpha value is -13.2. The van der Waals surface area contributed by atoms with Crippen molar-refractivity contribution in [3.05, 3.63) is 179 Å². The van der Waals surface area contributed by atoms with Gasteiger partial charge < -0.3 is 90.0 Å². The molecule has 0 radical (unpaired) electrons. The first-order valence-electron chi connectivity index (χ1n) is 50.0. The minimum atomic E-state index is 0. The van der Waals surface area contributed by atoms with Crippen molar-refractivity contribution in [1.82, 2.24) is 76.0 Å². The van der Waals surface area contributed by atoms with Crippen LogP contribution in [0.2, 0.25) is 10.3 Å². The highest BCUT2D eigenvalue weighted by Crippen LogP contribution is 2.38. The van der Waals surface area contributed by atoms with Gasteiger partial charge in [0.1, 0.15) is 28.7 Å². The Balaban J connectivity index is 0.000000134. The molecule has 20 rings (SSSR count). The number of hydrogen-bond acceptors (Lipinski definition) is 35. The first-order chi connectivity index (χ1) is 69.6. The predicted molar refractivity (Wildman–Crippen MR) is 557 cm³/mol. The van der Waals surface area contributed by atoms with Gasteiger partial charge >= 0.3 is 0 Å². The number of halogens is 2. The molecule has 5 aromatic carbocycles. The monoisotopic (exact) mass is 2010 g/mol. The summed E-state index contributed by atoms with van der Waals surface area (Å²) in [5, 5.41) is 62.8. The van der Waals surface area contributed by atoms with Crippen LogP contribution < -0.4 is 71.9 Å². The van der Waals surface area contributed by atoms with Crippen molar-refractivity contribution in [3.63, 3.8) is 0 Å². The number of ether oxygens (including phenoxy) is 10. The number of piperidine rings is 5. The van der Waals surface area contributed by atoms with Gasteiger partial charge in [-0.15, -0.1) is 35.7 Å². The summed E-state index contributed by atoms with van der Waals surface area (Å²) in [6.07, 6.45) is 18.8. The summed E-state index contributed by atoms with van der Waals surface area (Å²) < 4.78 is 84.1. The van der Waals surface area contributed by atoms with Crippen LogP contribution in [-0.2, 0) is 0 Å². The summed E-state index contributed by atoms with van der Waals surface area (Å²) in [7, 11) is 0. The van der Waals surface area contributed by atoms with E-state index in [-0.39, 0.29) is 7.43 Å². The standard InChI is InChI=1S/C22H28N4O3.C21H25ClN4O3.C21H26N4O3.C21H26N4O2S.C20H23ClN4O3.CH4/c1-3-13-28-22-19-6-5-18(15-20(19)29-25-22)27-14-10-17-8-11-26(12-9-17)21-7-4-16(2)23-24-21;1-2-27-21-17-6-5-16(14-18(17)29-25-21)28-13-3-4-15-9-11-26(12-10-15)20-8-7-19(22)23-24-20;2*1-3-26-21-18-6-5-17(14-19(18)28-24-21)27-13-10-16-8-11-25(12-9-16)20-7-4-15(2)22-23-20;1-2-26-20-16-4-3-15(13-17(16)28-24-20)27-12-9-14-7-10-25(11-8-14)19-6-5-18(21)22-23-19;/h4-7,15,17H,3,8-14H2,1-2H3;5-8,14-15H,2-4,9-13H2,1H3;2*4-7,14,16H,3,8-13H2,1-2H3;3-6,13-14H,2,7-12H2,1H3;1H4. The zero-order valence-corrected chi connectivity index (χ0v) is 84.6. The molecule has 0 N–H and O–H groups in total. The fraction of sp³-hybridized carbons (Fsp3) is 0.481. The molecular weight excluding hydrogens is 1880 g/mol. The van der Waals surface area contributed by atoms with E-state index >= 15 is 0 Å². The van der Waals surface area contributed by atoms with E-state index < -0.39 is 0 Å². The smallest absolute Gasteiger partial charge is 0.262 e. The highest BCUT2D eigenvalue weighted by molar-refractivity contribution is 7.13. The number of benzene rings is 5. The average molecular weight is 2010 g/mol. The van der Waals surface area contributed by atoms with Gasteiger partial charge in [-0.2, -0.15) is 19.7 Å². The number of aryl methyl sites for hydroxylation is 3. The Kier molecular flexibility index (Phi) is 38.8. The van der Waals surface area contributed by atoms with Crippen molar-refractivity contribution in [2.24, 2.45) is 29.6 Å². The van der Waals surface area contributed by atoms with Gasteiger partial charge in [0.05, 0.1) is 115 Å². The van der Waals surface area contributed by atoms with Gasteiger partial charge in [-0.1, -0.05) is 37.6 Å². The summed E-state index contributed by atoms with van der Waals surface area (Å²) in [6, 6.07) is 48.8. The minimum absolute atomic E-state index is 0. The molecule has 5 aliphatic heterocycles. The Morgan fingerprint density at radius 2 is 0.559 bits per heavy atom. The molecule has 0 amide bonds. The van der Waals surface area contributed by atoms with Gasteiger partial charge in [-0.25, -0.2) is 0 Å². The second-order valence-electron chi connectivity index (χ2n) is 36.0. The zero-order chi connectivity index (χ0) is 98.1. The molecular formula is C106H132Cl2N20O14S. The highest BCUT2D eigenvalue weighted by Gasteiger charge is 2.28. The summed E-state index contributed by atoms with van der Waals surface area (Å²) in [5.74, 6) is 15.2. The summed E-state index contributed by atoms with van der Waals surface area (Å²) in [5.41, 5.74) is 5.61. The number of rotatable bonds is 37. The molecule has 15 aromatic rings. The van der Waals surface area contributed by atoms with E-state index in [4.69, 9.17) is 88.7 Å². The number of hydrogen-bond donors (Lipinski definition) is 0. The number of fused-ring (bicyclic) bond motifs is 5. The van der Waals surface area contributed by atoms with Crippen LogP contribution in [0, 0.1) is 50.4 Å². The zero-order valence-electron chi connectivity index (χ0n) is 82.3. The molecule has 10 aromatic heterocycles. The first kappa shape index (κ1) is 104. The van der Waals surface area contributed by atoms with Gasteiger partial charge in [0.15, 0.2) is 61.7 Å². The van der Waals surface area contributed by atoms with E-state index in [1.54, 1.807) is 12.1 Å². The first-order valence-corrected chi connectivity index (χ1v) is 51.6. The average Bonchev–Trinajstić information content (AvgIpc) is 1.71. The van der Waals surface area contributed by atoms with Crippen LogP contribution >= 0.6 is 34.7 Å². The van der Waals surface area contributed by atoms with Crippen molar-refractivity contribution in [2.75, 3.05) is 156 Å². The third-order valence-electron chi connectivity index (χ3n) is 26.1. The SMILES string of the molecule is C.CCCOc1noc2cc(OCCC3CCN(c4ccc(C)nn4)CC3)ccc12.CCOc1noc2cc(OCCC3CCN(c4ccc(C)nn4)CC3)ccc12.CCOc1noc2cc(OCCC3CCN(c4ccc(Cl)nn4)CC3)ccc12.CCOc1noc2cc(OCCCC3CCN(c4ccc(Cl)nn4)CC3)ccc12.CCOc1nsc2cc(OCCC3CCN(c4ccc(C)nn4)CC3)ccc12. The van der Waals surface area contributed by atoms with Crippen molar-refractivity contribution in [2.45, 2.75) is 172 Å². The van der Waals surface area contributed by atoms with Gasteiger partial charge in [-0.05, 0) is 347 Å². The second-order valence-corrected chi connectivity index (χ2v) is 37.6. The lowest BCUT2D eigenvalue weighted by Crippen LogP contribution is -2.34. The van der Waals surface area contributed by atoms with Crippen molar-refractivity contribution >= 4 is 118 Å². The van der Waals surface area contributed by atoms with Crippen molar-refractivity contribution in [3.8, 4) is 58.1 Å². The largest absolute Gasteiger partial charge is 0.494 e. The van der Waals surface area contributed by atoms with Crippen LogP contribution in [0.1, 0.15) is 168 Å². The van der Waals surface area contributed by atoms with Crippen LogP contribution in [0.3, 0.4) is 0 Å². The molecule has 37 heteroatoms. The second kappa shape index (κ2) is 53.3. The maximum atomic E-state index is 6.01. The van der Waals surface area contributed by atoms with Gasteiger partial charge in [0.25, 0.3) is 23.5 Å². The van der Waals surface area contributed by atoms with E-state index in [1.807, 2.05) is 164 Å². The third-order valence-corrected chi connectivity index (χ3v) is 27.3. The van der Waals surface area contributed by atoms with Crippen LogP contribution in [-0.4, -0.2) is 208 Å².